The third-order valence-electron chi connectivity index (χ3n) is 8.63. The summed E-state index contributed by atoms with van der Waals surface area (Å²) in [5.74, 6) is 7.23. The van der Waals surface area contributed by atoms with E-state index < -0.39 is 0 Å². The standard InChI is InChI=1S/C20H28O/c1-11-17-10-18(17)19-16-5-3-12-9-13(21)4-6-14(12)15(16)7-8-20(11,19)2/h9,11,14-19H,3-8,10H2,1-2H3. The van der Waals surface area contributed by atoms with E-state index in [0.29, 0.717) is 11.2 Å². The molecule has 0 spiro atoms. The summed E-state index contributed by atoms with van der Waals surface area (Å²) in [5, 5.41) is 0. The van der Waals surface area contributed by atoms with Gasteiger partial charge < -0.3 is 0 Å². The maximum absolute atomic E-state index is 11.7. The predicted molar refractivity (Wildman–Crippen MR) is 83.6 cm³/mol. The molecule has 0 N–H and O–H groups in total. The van der Waals surface area contributed by atoms with Crippen LogP contribution in [-0.4, -0.2) is 5.78 Å². The van der Waals surface area contributed by atoms with E-state index >= 15 is 0 Å². The number of hydrogen-bond acceptors (Lipinski definition) is 1. The maximum atomic E-state index is 11.7. The van der Waals surface area contributed by atoms with Gasteiger partial charge in [-0.2, -0.15) is 0 Å². The van der Waals surface area contributed by atoms with Crippen molar-refractivity contribution in [2.75, 3.05) is 0 Å². The molecule has 5 aliphatic rings. The van der Waals surface area contributed by atoms with Crippen LogP contribution in [0.5, 0.6) is 0 Å². The van der Waals surface area contributed by atoms with Crippen molar-refractivity contribution in [3.63, 3.8) is 0 Å². The molecule has 0 saturated heterocycles. The van der Waals surface area contributed by atoms with Gasteiger partial charge in [0.25, 0.3) is 0 Å². The van der Waals surface area contributed by atoms with Crippen LogP contribution in [0.15, 0.2) is 11.6 Å². The number of allylic oxidation sites excluding steroid dienone is 1. The van der Waals surface area contributed by atoms with Gasteiger partial charge in [0, 0.05) is 6.42 Å². The van der Waals surface area contributed by atoms with Crippen molar-refractivity contribution in [3.05, 3.63) is 11.6 Å². The minimum absolute atomic E-state index is 0.400. The van der Waals surface area contributed by atoms with Crippen molar-refractivity contribution < 1.29 is 4.79 Å². The number of carbonyl (C=O) groups is 1. The molecule has 5 rings (SSSR count). The van der Waals surface area contributed by atoms with Crippen LogP contribution in [0.3, 0.4) is 0 Å². The van der Waals surface area contributed by atoms with Crippen LogP contribution in [-0.2, 0) is 4.79 Å². The van der Waals surface area contributed by atoms with Gasteiger partial charge in [-0.15, -0.1) is 0 Å². The normalized spacial score (nSPS) is 57.7. The van der Waals surface area contributed by atoms with E-state index in [1.54, 1.807) is 0 Å². The molecule has 1 nitrogen and oxygen atoms in total. The first kappa shape index (κ1) is 12.9. The number of rotatable bonds is 0. The van der Waals surface area contributed by atoms with E-state index in [4.69, 9.17) is 0 Å². The summed E-state index contributed by atoms with van der Waals surface area (Å²) < 4.78 is 0. The predicted octanol–water partition coefficient (Wildman–Crippen LogP) is 4.62. The van der Waals surface area contributed by atoms with Gasteiger partial charge in [-0.25, -0.2) is 0 Å². The molecule has 0 aromatic carbocycles. The van der Waals surface area contributed by atoms with Gasteiger partial charge in [0.2, 0.25) is 0 Å². The Hall–Kier alpha value is -0.590. The summed E-state index contributed by atoms with van der Waals surface area (Å²) in [6.45, 7) is 5.18. The molecular formula is C20H28O. The van der Waals surface area contributed by atoms with E-state index in [9.17, 15) is 4.79 Å². The topological polar surface area (TPSA) is 17.1 Å². The number of carbonyl (C=O) groups excluding carboxylic acids is 1. The van der Waals surface area contributed by atoms with Crippen molar-refractivity contribution in [1.82, 2.24) is 0 Å². The summed E-state index contributed by atoms with van der Waals surface area (Å²) in [7, 11) is 0. The lowest BCUT2D eigenvalue weighted by Crippen LogP contribution is -2.47. The molecule has 0 aromatic rings. The second-order valence-corrected chi connectivity index (χ2v) is 9.12. The first-order valence-corrected chi connectivity index (χ1v) is 9.33. The molecule has 8 unspecified atom stereocenters. The Morgan fingerprint density at radius 1 is 1.05 bits per heavy atom. The Balaban J connectivity index is 1.49. The highest BCUT2D eigenvalue weighted by Crippen LogP contribution is 2.74. The summed E-state index contributed by atoms with van der Waals surface area (Å²) in [6, 6.07) is 0. The molecule has 0 aromatic heterocycles. The largest absolute Gasteiger partial charge is 0.295 e. The third kappa shape index (κ3) is 1.56. The first-order chi connectivity index (χ1) is 10.1. The van der Waals surface area contributed by atoms with Crippen molar-refractivity contribution in [3.8, 4) is 0 Å². The fourth-order valence-corrected chi connectivity index (χ4v) is 7.51. The fourth-order valence-electron chi connectivity index (χ4n) is 7.51. The van der Waals surface area contributed by atoms with E-state index in [2.05, 4.69) is 13.8 Å². The van der Waals surface area contributed by atoms with Crippen LogP contribution in [0.2, 0.25) is 0 Å². The quantitative estimate of drug-likeness (QED) is 0.634. The zero-order valence-corrected chi connectivity index (χ0v) is 13.5. The second-order valence-electron chi connectivity index (χ2n) is 9.12. The van der Waals surface area contributed by atoms with E-state index in [-0.39, 0.29) is 0 Å². The van der Waals surface area contributed by atoms with E-state index in [1.165, 1.54) is 44.1 Å². The average molecular weight is 284 g/mol. The Bertz CT molecular complexity index is 532. The van der Waals surface area contributed by atoms with Crippen LogP contribution in [0, 0.1) is 46.8 Å². The third-order valence-corrected chi connectivity index (χ3v) is 8.63. The smallest absolute Gasteiger partial charge is 0.155 e. The van der Waals surface area contributed by atoms with E-state index in [1.807, 2.05) is 6.08 Å². The molecule has 5 aliphatic carbocycles. The van der Waals surface area contributed by atoms with Gasteiger partial charge in [0.15, 0.2) is 5.78 Å². The molecule has 0 radical (unpaired) electrons. The molecule has 21 heavy (non-hydrogen) atoms. The number of fused-ring (bicyclic) bond motifs is 7. The molecule has 1 heteroatoms. The molecular weight excluding hydrogens is 256 g/mol. The van der Waals surface area contributed by atoms with Crippen molar-refractivity contribution >= 4 is 5.78 Å². The zero-order valence-electron chi connectivity index (χ0n) is 13.5. The highest BCUT2D eigenvalue weighted by atomic mass is 16.1. The highest BCUT2D eigenvalue weighted by molar-refractivity contribution is 5.91. The minimum atomic E-state index is 0.400. The Kier molecular flexibility index (Phi) is 2.48. The lowest BCUT2D eigenvalue weighted by atomic mass is 9.50. The summed E-state index contributed by atoms with van der Waals surface area (Å²) in [5.41, 5.74) is 2.19. The van der Waals surface area contributed by atoms with Gasteiger partial charge in [0.1, 0.15) is 0 Å². The molecule has 0 amide bonds. The minimum Gasteiger partial charge on any atom is -0.295 e. The number of hydrogen-bond donors (Lipinski definition) is 0. The first-order valence-electron chi connectivity index (χ1n) is 9.33. The van der Waals surface area contributed by atoms with Crippen molar-refractivity contribution in [1.29, 1.82) is 0 Å². The Morgan fingerprint density at radius 2 is 1.90 bits per heavy atom. The van der Waals surface area contributed by atoms with Gasteiger partial charge in [-0.1, -0.05) is 19.4 Å². The van der Waals surface area contributed by atoms with Gasteiger partial charge in [-0.3, -0.25) is 4.79 Å². The van der Waals surface area contributed by atoms with Crippen molar-refractivity contribution in [2.24, 2.45) is 46.8 Å². The molecule has 4 saturated carbocycles. The summed E-state index contributed by atoms with van der Waals surface area (Å²) in [4.78, 5) is 11.7. The number of ketones is 1. The van der Waals surface area contributed by atoms with E-state index in [0.717, 1.165) is 47.8 Å². The zero-order chi connectivity index (χ0) is 14.4. The summed E-state index contributed by atoms with van der Waals surface area (Å²) >= 11 is 0. The van der Waals surface area contributed by atoms with Crippen LogP contribution in [0.25, 0.3) is 0 Å². The second kappa shape index (κ2) is 4.03. The van der Waals surface area contributed by atoms with Crippen molar-refractivity contribution in [2.45, 2.75) is 58.8 Å². The maximum Gasteiger partial charge on any atom is 0.155 e. The Labute approximate surface area is 128 Å². The molecule has 8 atom stereocenters. The summed E-state index contributed by atoms with van der Waals surface area (Å²) in [6.07, 6.45) is 11.1. The average Bonchev–Trinajstić information content (AvgIpc) is 3.21. The van der Waals surface area contributed by atoms with Gasteiger partial charge in [0.05, 0.1) is 0 Å². The van der Waals surface area contributed by atoms with Crippen LogP contribution in [0.4, 0.5) is 0 Å². The van der Waals surface area contributed by atoms with Crippen LogP contribution >= 0.6 is 0 Å². The molecule has 0 heterocycles. The van der Waals surface area contributed by atoms with Gasteiger partial charge in [-0.05, 0) is 91.4 Å². The molecule has 0 bridgehead atoms. The fraction of sp³-hybridized carbons (Fsp3) is 0.850. The monoisotopic (exact) mass is 284 g/mol. The lowest BCUT2D eigenvalue weighted by Gasteiger charge is -2.55. The molecule has 114 valence electrons. The van der Waals surface area contributed by atoms with Crippen LogP contribution < -0.4 is 0 Å². The Morgan fingerprint density at radius 3 is 2.76 bits per heavy atom. The van der Waals surface area contributed by atoms with Crippen LogP contribution in [0.1, 0.15) is 58.8 Å². The van der Waals surface area contributed by atoms with Gasteiger partial charge >= 0.3 is 0 Å². The molecule has 4 fully saturated rings. The SMILES string of the molecule is CC1C2CC2C2C3CCC4=CC(=O)CCC4C3CCC12C. The lowest BCUT2D eigenvalue weighted by molar-refractivity contribution is -0.116. The molecule has 0 aliphatic heterocycles. The highest BCUT2D eigenvalue weighted by Gasteiger charge is 2.67.